The molecule has 6 nitrogen and oxygen atoms in total. The molecule has 0 atom stereocenters. The Bertz CT molecular complexity index is 900. The van der Waals surface area contributed by atoms with Crippen molar-refractivity contribution < 1.29 is 19.1 Å². The number of rotatable bonds is 5. The van der Waals surface area contributed by atoms with Crippen LogP contribution in [0, 0.1) is 11.3 Å². The van der Waals surface area contributed by atoms with Crippen LogP contribution >= 0.6 is 11.6 Å². The number of nitrogens with zero attached hydrogens (tertiary/aromatic N) is 1. The van der Waals surface area contributed by atoms with E-state index in [4.69, 9.17) is 32.1 Å². The molecule has 0 aromatic heterocycles. The van der Waals surface area contributed by atoms with E-state index in [1.807, 2.05) is 0 Å². The highest BCUT2D eigenvalue weighted by Gasteiger charge is 2.15. The Labute approximate surface area is 149 Å². The highest BCUT2D eigenvalue weighted by Crippen LogP contribution is 2.30. The maximum absolute atomic E-state index is 12.2. The minimum absolute atomic E-state index is 0.169. The van der Waals surface area contributed by atoms with Crippen molar-refractivity contribution in [3.63, 3.8) is 0 Å². The zero-order valence-electron chi connectivity index (χ0n) is 13.2. The molecule has 0 aliphatic heterocycles. The Morgan fingerprint density at radius 1 is 1.20 bits per heavy atom. The summed E-state index contributed by atoms with van der Waals surface area (Å²) in [5.41, 5.74) is 5.60. The Morgan fingerprint density at radius 3 is 2.52 bits per heavy atom. The second kappa shape index (κ2) is 7.99. The van der Waals surface area contributed by atoms with E-state index in [0.29, 0.717) is 5.56 Å². The lowest BCUT2D eigenvalue weighted by Gasteiger charge is -2.10. The number of ether oxygens (including phenoxy) is 2. The van der Waals surface area contributed by atoms with E-state index >= 15 is 0 Å². The number of carbonyl (C=O) groups is 2. The average molecular weight is 357 g/mol. The van der Waals surface area contributed by atoms with Gasteiger partial charge in [-0.25, -0.2) is 4.79 Å². The summed E-state index contributed by atoms with van der Waals surface area (Å²) in [4.78, 5) is 23.3. The van der Waals surface area contributed by atoms with Crippen molar-refractivity contribution in [2.45, 2.75) is 0 Å². The first kappa shape index (κ1) is 18.0. The van der Waals surface area contributed by atoms with E-state index < -0.39 is 11.9 Å². The number of carbonyl (C=O) groups excluding carboxylic acids is 2. The molecule has 1 amide bonds. The van der Waals surface area contributed by atoms with Gasteiger partial charge in [-0.05, 0) is 35.9 Å². The monoisotopic (exact) mass is 356 g/mol. The Balaban J connectivity index is 2.31. The van der Waals surface area contributed by atoms with Crippen molar-refractivity contribution in [2.24, 2.45) is 5.73 Å². The van der Waals surface area contributed by atoms with Gasteiger partial charge in [-0.15, -0.1) is 0 Å². The van der Waals surface area contributed by atoms with Crippen LogP contribution < -0.4 is 15.2 Å². The predicted molar refractivity (Wildman–Crippen MR) is 92.2 cm³/mol. The topological polar surface area (TPSA) is 102 Å². The van der Waals surface area contributed by atoms with Gasteiger partial charge in [0, 0.05) is 0 Å². The summed E-state index contributed by atoms with van der Waals surface area (Å²) in [6, 6.07) is 12.7. The maximum atomic E-state index is 12.2. The molecule has 25 heavy (non-hydrogen) atoms. The molecule has 2 rings (SSSR count). The van der Waals surface area contributed by atoms with Crippen LogP contribution in [-0.2, 0) is 4.79 Å². The highest BCUT2D eigenvalue weighted by molar-refractivity contribution is 6.33. The van der Waals surface area contributed by atoms with Crippen molar-refractivity contribution in [3.05, 3.63) is 64.2 Å². The highest BCUT2D eigenvalue weighted by atomic mass is 35.5. The molecule has 0 heterocycles. The average Bonchev–Trinajstić information content (AvgIpc) is 2.60. The number of benzene rings is 2. The maximum Gasteiger partial charge on any atom is 0.345 e. The SMILES string of the molecule is COc1cc(/C=C(/C#N)C(N)=O)ccc1OC(=O)c1ccccc1Cl. The van der Waals surface area contributed by atoms with Crippen LogP contribution in [0.25, 0.3) is 6.08 Å². The van der Waals surface area contributed by atoms with Gasteiger partial charge >= 0.3 is 5.97 Å². The van der Waals surface area contributed by atoms with Crippen LogP contribution in [0.2, 0.25) is 5.02 Å². The molecule has 2 aromatic rings. The zero-order chi connectivity index (χ0) is 18.4. The van der Waals surface area contributed by atoms with E-state index in [0.717, 1.165) is 0 Å². The fourth-order valence-electron chi connectivity index (χ4n) is 1.97. The second-order valence-corrected chi connectivity index (χ2v) is 5.22. The Hall–Kier alpha value is -3.30. The normalized spacial score (nSPS) is 10.7. The van der Waals surface area contributed by atoms with E-state index in [2.05, 4.69) is 0 Å². The van der Waals surface area contributed by atoms with Gasteiger partial charge in [-0.1, -0.05) is 29.8 Å². The van der Waals surface area contributed by atoms with E-state index in [9.17, 15) is 9.59 Å². The molecule has 2 N–H and O–H groups in total. The zero-order valence-corrected chi connectivity index (χ0v) is 13.9. The first-order chi connectivity index (χ1) is 12.0. The minimum Gasteiger partial charge on any atom is -0.493 e. The molecule has 0 saturated carbocycles. The molecule has 0 spiro atoms. The van der Waals surface area contributed by atoms with Crippen molar-refractivity contribution in [1.82, 2.24) is 0 Å². The van der Waals surface area contributed by atoms with Gasteiger partial charge in [-0.3, -0.25) is 4.79 Å². The molecule has 0 radical (unpaired) electrons. The van der Waals surface area contributed by atoms with E-state index in [1.165, 1.54) is 25.3 Å². The summed E-state index contributed by atoms with van der Waals surface area (Å²) in [6.45, 7) is 0. The van der Waals surface area contributed by atoms with Crippen molar-refractivity contribution in [2.75, 3.05) is 7.11 Å². The van der Waals surface area contributed by atoms with Crippen LogP contribution in [0.5, 0.6) is 11.5 Å². The molecule has 0 unspecified atom stereocenters. The molecular weight excluding hydrogens is 344 g/mol. The summed E-state index contributed by atoms with van der Waals surface area (Å²) in [6.07, 6.45) is 1.31. The summed E-state index contributed by atoms with van der Waals surface area (Å²) in [5, 5.41) is 9.15. The molecule has 7 heteroatoms. The number of hydrogen-bond donors (Lipinski definition) is 1. The van der Waals surface area contributed by atoms with Gasteiger partial charge in [0.05, 0.1) is 17.7 Å². The van der Waals surface area contributed by atoms with Crippen molar-refractivity contribution in [3.8, 4) is 17.6 Å². The van der Waals surface area contributed by atoms with E-state index in [1.54, 1.807) is 36.4 Å². The second-order valence-electron chi connectivity index (χ2n) is 4.81. The standard InChI is InChI=1S/C18H13ClN2O4/c1-24-16-9-11(8-12(10-20)17(21)22)6-7-15(16)25-18(23)13-4-2-3-5-14(13)19/h2-9H,1H3,(H2,21,22)/b12-8-. The van der Waals surface area contributed by atoms with Gasteiger partial charge in [0.1, 0.15) is 11.6 Å². The Kier molecular flexibility index (Phi) is 5.77. The van der Waals surface area contributed by atoms with Crippen LogP contribution in [-0.4, -0.2) is 19.0 Å². The third kappa shape index (κ3) is 4.37. The molecule has 0 fully saturated rings. The first-order valence-corrected chi connectivity index (χ1v) is 7.40. The number of primary amides is 1. The lowest BCUT2D eigenvalue weighted by molar-refractivity contribution is -0.114. The molecule has 0 aliphatic carbocycles. The lowest BCUT2D eigenvalue weighted by atomic mass is 10.1. The summed E-state index contributed by atoms with van der Waals surface area (Å²) < 4.78 is 10.5. The van der Waals surface area contributed by atoms with Crippen LogP contribution in [0.4, 0.5) is 0 Å². The van der Waals surface area contributed by atoms with Crippen LogP contribution in [0.15, 0.2) is 48.0 Å². The number of halogens is 1. The molecule has 0 saturated heterocycles. The molecule has 2 aromatic carbocycles. The van der Waals surface area contributed by atoms with Crippen molar-refractivity contribution in [1.29, 1.82) is 5.26 Å². The van der Waals surface area contributed by atoms with Crippen LogP contribution in [0.3, 0.4) is 0 Å². The lowest BCUT2D eigenvalue weighted by Crippen LogP contribution is -2.12. The molecule has 0 aliphatic rings. The first-order valence-electron chi connectivity index (χ1n) is 7.02. The van der Waals surface area contributed by atoms with Gasteiger partial charge in [0.15, 0.2) is 11.5 Å². The van der Waals surface area contributed by atoms with Gasteiger partial charge in [0.2, 0.25) is 0 Å². The third-order valence-corrected chi connectivity index (χ3v) is 3.51. The number of esters is 1. The van der Waals surface area contributed by atoms with E-state index in [-0.39, 0.29) is 27.7 Å². The molecule has 0 bridgehead atoms. The van der Waals surface area contributed by atoms with Crippen molar-refractivity contribution >= 4 is 29.6 Å². The largest absolute Gasteiger partial charge is 0.493 e. The summed E-state index contributed by atoms with van der Waals surface area (Å²) >= 11 is 5.97. The fourth-order valence-corrected chi connectivity index (χ4v) is 2.18. The summed E-state index contributed by atoms with van der Waals surface area (Å²) in [7, 11) is 1.40. The number of hydrogen-bond acceptors (Lipinski definition) is 5. The van der Waals surface area contributed by atoms with Crippen LogP contribution in [0.1, 0.15) is 15.9 Å². The Morgan fingerprint density at radius 2 is 1.92 bits per heavy atom. The fraction of sp³-hybridized carbons (Fsp3) is 0.0556. The van der Waals surface area contributed by atoms with Gasteiger partial charge in [0.25, 0.3) is 5.91 Å². The predicted octanol–water partition coefficient (Wildman–Crippen LogP) is 2.96. The minimum atomic E-state index is -0.837. The number of nitrogens with two attached hydrogens (primary N) is 1. The number of amides is 1. The molecular formula is C18H13ClN2O4. The smallest absolute Gasteiger partial charge is 0.345 e. The third-order valence-electron chi connectivity index (χ3n) is 3.18. The number of methoxy groups -OCH3 is 1. The number of nitriles is 1. The quantitative estimate of drug-likeness (QED) is 0.384. The summed E-state index contributed by atoms with van der Waals surface area (Å²) in [5.74, 6) is -1.06. The van der Waals surface area contributed by atoms with Gasteiger partial charge < -0.3 is 15.2 Å². The van der Waals surface area contributed by atoms with Gasteiger partial charge in [-0.2, -0.15) is 5.26 Å². The molecule has 126 valence electrons.